The van der Waals surface area contributed by atoms with Crippen LogP contribution in [-0.4, -0.2) is 20.7 Å². The number of anilines is 2. The first kappa shape index (κ1) is 42.0. The van der Waals surface area contributed by atoms with Crippen molar-refractivity contribution in [2.24, 2.45) is 0 Å². The fourth-order valence-corrected chi connectivity index (χ4v) is 12.7. The average Bonchev–Trinajstić information content (AvgIpc) is 4.45. The number of rotatable bonds is 5. The molecule has 1 aliphatic carbocycles. The minimum atomic E-state index is -0.230. The summed E-state index contributed by atoms with van der Waals surface area (Å²) >= 11 is 0. The minimum Gasteiger partial charge on any atom is -0.507 e. The van der Waals surface area contributed by atoms with Gasteiger partial charge in [-0.1, -0.05) is 133 Å². The molecule has 0 bridgehead atoms. The van der Waals surface area contributed by atoms with Crippen LogP contribution in [0.5, 0.6) is 5.75 Å². The Bertz CT molecular complexity index is 4920. The first-order valence-electron chi connectivity index (χ1n) is 25.4. The van der Waals surface area contributed by atoms with Crippen LogP contribution in [0.1, 0.15) is 33.9 Å². The Balaban J connectivity index is 0.878. The largest absolute Gasteiger partial charge is 0.507 e. The molecule has 8 nitrogen and oxygen atoms in total. The third kappa shape index (κ3) is 5.92. The van der Waals surface area contributed by atoms with Crippen LogP contribution in [0.25, 0.3) is 122 Å². The van der Waals surface area contributed by atoms with E-state index >= 15 is 0 Å². The van der Waals surface area contributed by atoms with E-state index in [2.05, 4.69) is 148 Å². The summed E-state index contributed by atoms with van der Waals surface area (Å²) in [6, 6.07) is 72.8. The summed E-state index contributed by atoms with van der Waals surface area (Å²) in [5, 5.41) is 40.8. The van der Waals surface area contributed by atoms with Gasteiger partial charge in [-0.05, 0) is 112 Å². The number of furan rings is 2. The highest BCUT2D eigenvalue weighted by molar-refractivity contribution is 6.25. The number of fused-ring (bicyclic) bond motifs is 17. The lowest BCUT2D eigenvalue weighted by Crippen LogP contribution is -2.30. The zero-order valence-corrected chi connectivity index (χ0v) is 40.4. The molecule has 0 saturated carbocycles. The molecule has 0 radical (unpaired) electrons. The SMILES string of the molecule is N#Cc1cc(N2c3ccc(-c4ccc(-c5ccccc5O)cc4)cc3C3c4oc5ccccc5c4C=CC32)cc(C#N)c1-n1c2ccc(-c3ccc4c(c3)oc3ccccc34)cc2c2c3[nH]c4ccccc4c3ccc21. The normalized spacial score (nSPS) is 14.8. The molecule has 4 aromatic heterocycles. The molecule has 2 unspecified atom stereocenters. The van der Waals surface area contributed by atoms with Crippen LogP contribution in [0.4, 0.5) is 11.4 Å². The van der Waals surface area contributed by atoms with Crippen LogP contribution in [0, 0.1) is 22.7 Å². The van der Waals surface area contributed by atoms with E-state index < -0.39 is 0 Å². The van der Waals surface area contributed by atoms with E-state index in [4.69, 9.17) is 8.83 Å². The number of para-hydroxylation sites is 4. The number of phenolic OH excluding ortho intramolecular Hbond substituents is 1. The van der Waals surface area contributed by atoms with Crippen LogP contribution in [0.3, 0.4) is 0 Å². The van der Waals surface area contributed by atoms with Gasteiger partial charge < -0.3 is 28.4 Å². The van der Waals surface area contributed by atoms with Gasteiger partial charge in [0.15, 0.2) is 0 Å². The molecular formula is C68H39N5O3. The Hall–Kier alpha value is -10.5. The van der Waals surface area contributed by atoms with Crippen molar-refractivity contribution in [3.63, 3.8) is 0 Å². The van der Waals surface area contributed by atoms with E-state index in [-0.39, 0.29) is 17.7 Å². The Morgan fingerprint density at radius 1 is 0.513 bits per heavy atom. The molecule has 16 rings (SSSR count). The lowest BCUT2D eigenvalue weighted by atomic mass is 9.84. The maximum absolute atomic E-state index is 11.4. The molecule has 10 aromatic carbocycles. The number of nitriles is 2. The van der Waals surface area contributed by atoms with Gasteiger partial charge in [-0.2, -0.15) is 10.5 Å². The molecule has 0 spiro atoms. The number of H-pyrrole nitrogens is 1. The van der Waals surface area contributed by atoms with Crippen molar-refractivity contribution < 1.29 is 13.9 Å². The summed E-state index contributed by atoms with van der Waals surface area (Å²) in [7, 11) is 0. The molecule has 2 N–H and O–H groups in total. The maximum Gasteiger partial charge on any atom is 0.136 e. The van der Waals surface area contributed by atoms with Crippen molar-refractivity contribution in [3.05, 3.63) is 234 Å². The predicted octanol–water partition coefficient (Wildman–Crippen LogP) is 17.2. The average molecular weight is 974 g/mol. The summed E-state index contributed by atoms with van der Waals surface area (Å²) in [6.07, 6.45) is 4.40. The number of hydrogen-bond donors (Lipinski definition) is 2. The third-order valence-electron chi connectivity index (χ3n) is 16.1. The molecule has 0 saturated heterocycles. The van der Waals surface area contributed by atoms with E-state index in [9.17, 15) is 15.6 Å². The van der Waals surface area contributed by atoms with Crippen LogP contribution in [0.15, 0.2) is 215 Å². The number of aromatic amines is 1. The van der Waals surface area contributed by atoms with Crippen LogP contribution in [0.2, 0.25) is 0 Å². The second-order valence-electron chi connectivity index (χ2n) is 20.0. The fourth-order valence-electron chi connectivity index (χ4n) is 12.7. The van der Waals surface area contributed by atoms with Crippen molar-refractivity contribution in [3.8, 4) is 57.0 Å². The monoisotopic (exact) mass is 973 g/mol. The minimum absolute atomic E-state index is 0.198. The highest BCUT2D eigenvalue weighted by Gasteiger charge is 2.44. The number of phenols is 1. The van der Waals surface area contributed by atoms with Crippen LogP contribution in [-0.2, 0) is 0 Å². The molecule has 354 valence electrons. The molecular weight excluding hydrogens is 935 g/mol. The van der Waals surface area contributed by atoms with E-state index in [1.807, 2.05) is 84.9 Å². The molecule has 1 aliphatic heterocycles. The maximum atomic E-state index is 11.4. The number of aromatic nitrogens is 2. The van der Waals surface area contributed by atoms with Gasteiger partial charge in [-0.15, -0.1) is 0 Å². The number of hydrogen-bond acceptors (Lipinski definition) is 6. The predicted molar refractivity (Wildman–Crippen MR) is 304 cm³/mol. The molecule has 0 amide bonds. The molecule has 8 heteroatoms. The Morgan fingerprint density at radius 3 is 1.96 bits per heavy atom. The topological polar surface area (TPSA) is 118 Å². The van der Waals surface area contributed by atoms with E-state index in [1.165, 1.54) is 0 Å². The van der Waals surface area contributed by atoms with Crippen molar-refractivity contribution in [2.75, 3.05) is 4.90 Å². The first-order chi connectivity index (χ1) is 37.5. The number of aromatic hydroxyl groups is 1. The standard InChI is InChI=1S/C68H39N5O3/c69-36-43-31-45(72-56-27-22-40(38-17-19-39(20-18-38)46-9-2-6-14-60(46)74)33-54(56)65-59(72)30-26-52-49-12-4-8-16-62(49)76-68(52)65)32-44(37-70)67(43)73-57-28-23-41(42-21-24-50-48-11-3-7-15-61(48)75-63(50)35-42)34-53(57)64-58(73)29-25-51-47-10-1-5-13-55(47)71-66(51)64/h1-35,59,65,71,74H. The smallest absolute Gasteiger partial charge is 0.136 e. The molecule has 2 atom stereocenters. The zero-order valence-electron chi connectivity index (χ0n) is 40.4. The second-order valence-corrected chi connectivity index (χ2v) is 20.0. The highest BCUT2D eigenvalue weighted by atomic mass is 16.3. The summed E-state index contributed by atoms with van der Waals surface area (Å²) in [6.45, 7) is 0. The summed E-state index contributed by atoms with van der Waals surface area (Å²) in [4.78, 5) is 6.04. The zero-order chi connectivity index (χ0) is 50.3. The second kappa shape index (κ2) is 15.7. The highest BCUT2D eigenvalue weighted by Crippen LogP contribution is 2.55. The Labute approximate surface area is 434 Å². The van der Waals surface area contributed by atoms with Crippen LogP contribution >= 0.6 is 0 Å². The van der Waals surface area contributed by atoms with Gasteiger partial charge in [-0.25, -0.2) is 0 Å². The summed E-state index contributed by atoms with van der Waals surface area (Å²) in [5.41, 5.74) is 17.2. The molecule has 0 fully saturated rings. The van der Waals surface area contributed by atoms with Gasteiger partial charge >= 0.3 is 0 Å². The number of nitrogens with zero attached hydrogens (tertiary/aromatic N) is 4. The van der Waals surface area contributed by atoms with E-state index in [0.29, 0.717) is 16.8 Å². The Kier molecular flexibility index (Phi) is 8.70. The lowest BCUT2D eigenvalue weighted by molar-refractivity contribution is 0.477. The first-order valence-corrected chi connectivity index (χ1v) is 25.4. The summed E-state index contributed by atoms with van der Waals surface area (Å²) < 4.78 is 15.3. The van der Waals surface area contributed by atoms with Gasteiger partial charge in [0, 0.05) is 65.7 Å². The third-order valence-corrected chi connectivity index (χ3v) is 16.1. The summed E-state index contributed by atoms with van der Waals surface area (Å²) in [5.74, 6) is 0.923. The quantitative estimate of drug-likeness (QED) is 0.177. The molecule has 14 aromatic rings. The number of benzene rings is 10. The van der Waals surface area contributed by atoms with E-state index in [1.54, 1.807) is 6.07 Å². The van der Waals surface area contributed by atoms with Gasteiger partial charge in [0.1, 0.15) is 40.4 Å². The van der Waals surface area contributed by atoms with Gasteiger partial charge in [0.2, 0.25) is 0 Å². The number of nitrogens with one attached hydrogen (secondary N) is 1. The van der Waals surface area contributed by atoms with Gasteiger partial charge in [0.25, 0.3) is 0 Å². The molecule has 2 aliphatic rings. The van der Waals surface area contributed by atoms with Crippen LogP contribution < -0.4 is 4.90 Å². The van der Waals surface area contributed by atoms with Crippen molar-refractivity contribution >= 4 is 94.0 Å². The molecule has 76 heavy (non-hydrogen) atoms. The Morgan fingerprint density at radius 2 is 1.14 bits per heavy atom. The van der Waals surface area contributed by atoms with Gasteiger partial charge in [-0.3, -0.25) is 0 Å². The van der Waals surface area contributed by atoms with Gasteiger partial charge in [0.05, 0.1) is 45.3 Å². The van der Waals surface area contributed by atoms with E-state index in [0.717, 1.165) is 138 Å². The fraction of sp³-hybridized carbons (Fsp3) is 0.0294. The van der Waals surface area contributed by atoms with Crippen molar-refractivity contribution in [1.29, 1.82) is 10.5 Å². The lowest BCUT2D eigenvalue weighted by Gasteiger charge is -2.30. The van der Waals surface area contributed by atoms with Crippen molar-refractivity contribution in [1.82, 2.24) is 9.55 Å². The van der Waals surface area contributed by atoms with Crippen molar-refractivity contribution in [2.45, 2.75) is 12.0 Å². The molecule has 5 heterocycles.